The normalized spacial score (nSPS) is 10.1. The van der Waals surface area contributed by atoms with Gasteiger partial charge >= 0.3 is 0 Å². The van der Waals surface area contributed by atoms with Gasteiger partial charge in [0.05, 0.1) is 0 Å². The molecule has 1 amide bonds. The fourth-order valence-electron chi connectivity index (χ4n) is 1.48. The minimum Gasteiger partial charge on any atom is -0.283 e. The van der Waals surface area contributed by atoms with Gasteiger partial charge in [0.25, 0.3) is 0 Å². The topological polar surface area (TPSA) is 46.3 Å². The van der Waals surface area contributed by atoms with E-state index in [4.69, 9.17) is 5.84 Å². The summed E-state index contributed by atoms with van der Waals surface area (Å²) in [5, 5.41) is 1.22. The molecule has 2 N–H and O–H groups in total. The van der Waals surface area contributed by atoms with E-state index in [2.05, 4.69) is 6.92 Å². The van der Waals surface area contributed by atoms with Crippen LogP contribution in [0.4, 0.5) is 0 Å². The average molecular weight is 200 g/mol. The summed E-state index contributed by atoms with van der Waals surface area (Å²) in [5.74, 6) is 5.32. The summed E-state index contributed by atoms with van der Waals surface area (Å²) >= 11 is 0. The number of hydrazine groups is 1. The van der Waals surface area contributed by atoms with Gasteiger partial charge in [-0.25, -0.2) is 5.84 Å². The van der Waals surface area contributed by atoms with Crippen molar-refractivity contribution in [3.8, 4) is 0 Å². The van der Waals surface area contributed by atoms with Crippen molar-refractivity contribution in [1.29, 1.82) is 0 Å². The molecule has 0 aromatic heterocycles. The first-order chi connectivity index (χ1) is 6.81. The molecule has 84 valence electrons. The molecular formula is C11H24N2O. The van der Waals surface area contributed by atoms with Crippen molar-refractivity contribution in [2.24, 2.45) is 5.84 Å². The van der Waals surface area contributed by atoms with Crippen molar-refractivity contribution in [1.82, 2.24) is 5.01 Å². The molecule has 14 heavy (non-hydrogen) atoms. The van der Waals surface area contributed by atoms with Gasteiger partial charge in [0.1, 0.15) is 0 Å². The van der Waals surface area contributed by atoms with Crippen molar-refractivity contribution in [2.75, 3.05) is 6.54 Å². The van der Waals surface area contributed by atoms with Gasteiger partial charge in [0, 0.05) is 6.54 Å². The van der Waals surface area contributed by atoms with Gasteiger partial charge in [-0.3, -0.25) is 9.80 Å². The highest BCUT2D eigenvalue weighted by Gasteiger charge is 1.94. The van der Waals surface area contributed by atoms with Crippen LogP contribution in [-0.2, 0) is 4.79 Å². The van der Waals surface area contributed by atoms with Crippen molar-refractivity contribution in [2.45, 2.75) is 58.3 Å². The Morgan fingerprint density at radius 3 is 2.00 bits per heavy atom. The Morgan fingerprint density at radius 1 is 1.00 bits per heavy atom. The van der Waals surface area contributed by atoms with Crippen LogP contribution in [0.15, 0.2) is 0 Å². The molecule has 0 radical (unpaired) electrons. The fraction of sp³-hybridized carbons (Fsp3) is 0.909. The quantitative estimate of drug-likeness (QED) is 0.193. The second kappa shape index (κ2) is 10.5. The smallest absolute Gasteiger partial charge is 0.223 e. The van der Waals surface area contributed by atoms with Crippen molar-refractivity contribution in [3.63, 3.8) is 0 Å². The van der Waals surface area contributed by atoms with Gasteiger partial charge in [-0.05, 0) is 6.42 Å². The molecule has 0 aliphatic heterocycles. The van der Waals surface area contributed by atoms with Gasteiger partial charge in [-0.2, -0.15) is 0 Å². The van der Waals surface area contributed by atoms with Crippen LogP contribution in [0.1, 0.15) is 58.3 Å². The van der Waals surface area contributed by atoms with Gasteiger partial charge in [-0.15, -0.1) is 0 Å². The second-order valence-electron chi connectivity index (χ2n) is 3.82. The van der Waals surface area contributed by atoms with Crippen LogP contribution in [0.25, 0.3) is 0 Å². The zero-order valence-corrected chi connectivity index (χ0v) is 9.37. The van der Waals surface area contributed by atoms with Gasteiger partial charge in [0.15, 0.2) is 0 Å². The molecular weight excluding hydrogens is 176 g/mol. The van der Waals surface area contributed by atoms with Gasteiger partial charge in [0.2, 0.25) is 6.41 Å². The molecule has 0 unspecified atom stereocenters. The lowest BCUT2D eigenvalue weighted by Crippen LogP contribution is -2.30. The molecule has 0 aliphatic rings. The zero-order valence-electron chi connectivity index (χ0n) is 9.37. The minimum absolute atomic E-state index is 0.682. The zero-order chi connectivity index (χ0) is 10.6. The van der Waals surface area contributed by atoms with Gasteiger partial charge in [-0.1, -0.05) is 51.9 Å². The van der Waals surface area contributed by atoms with E-state index in [9.17, 15) is 4.79 Å². The lowest BCUT2D eigenvalue weighted by Gasteiger charge is -2.08. The predicted molar refractivity (Wildman–Crippen MR) is 59.6 cm³/mol. The highest BCUT2D eigenvalue weighted by atomic mass is 16.1. The summed E-state index contributed by atoms with van der Waals surface area (Å²) in [5.41, 5.74) is 0. The molecule has 0 atom stereocenters. The van der Waals surface area contributed by atoms with Crippen LogP contribution in [-0.4, -0.2) is 18.0 Å². The molecule has 0 heterocycles. The molecule has 3 heteroatoms. The van der Waals surface area contributed by atoms with E-state index in [0.717, 1.165) is 6.42 Å². The summed E-state index contributed by atoms with van der Waals surface area (Å²) in [6, 6.07) is 0. The van der Waals surface area contributed by atoms with Crippen molar-refractivity contribution >= 4 is 6.41 Å². The van der Waals surface area contributed by atoms with Crippen LogP contribution in [0.3, 0.4) is 0 Å². The van der Waals surface area contributed by atoms with E-state index < -0.39 is 0 Å². The average Bonchev–Trinajstić information content (AvgIpc) is 2.21. The molecule has 0 saturated heterocycles. The minimum atomic E-state index is 0.682. The van der Waals surface area contributed by atoms with E-state index in [1.165, 1.54) is 50.0 Å². The first-order valence-corrected chi connectivity index (χ1v) is 5.78. The monoisotopic (exact) mass is 200 g/mol. The number of rotatable bonds is 10. The molecule has 0 aliphatic carbocycles. The first-order valence-electron chi connectivity index (χ1n) is 5.78. The lowest BCUT2D eigenvalue weighted by atomic mass is 10.1. The summed E-state index contributed by atoms with van der Waals surface area (Å²) in [4.78, 5) is 10.1. The second-order valence-corrected chi connectivity index (χ2v) is 3.82. The van der Waals surface area contributed by atoms with E-state index >= 15 is 0 Å². The number of hydrogen-bond donors (Lipinski definition) is 1. The number of carbonyl (C=O) groups is 1. The Kier molecular flexibility index (Phi) is 10.1. The Bertz CT molecular complexity index is 128. The number of hydrogen-bond acceptors (Lipinski definition) is 2. The molecule has 0 spiro atoms. The standard InChI is InChI=1S/C11H24N2O/c1-2-3-4-5-6-7-8-9-10-13(12)11-14/h11H,2-10,12H2,1H3. The maximum absolute atomic E-state index is 10.1. The third-order valence-corrected chi connectivity index (χ3v) is 2.41. The maximum atomic E-state index is 10.1. The number of carbonyl (C=O) groups excluding carboxylic acids is 1. The van der Waals surface area contributed by atoms with Gasteiger partial charge < -0.3 is 0 Å². The van der Waals surface area contributed by atoms with E-state index in [1.807, 2.05) is 0 Å². The van der Waals surface area contributed by atoms with Crippen LogP contribution >= 0.6 is 0 Å². The van der Waals surface area contributed by atoms with Crippen molar-refractivity contribution < 1.29 is 4.79 Å². The molecule has 0 aromatic rings. The van der Waals surface area contributed by atoms with Crippen LogP contribution < -0.4 is 5.84 Å². The Balaban J connectivity index is 2.95. The maximum Gasteiger partial charge on any atom is 0.223 e. The van der Waals surface area contributed by atoms with Crippen molar-refractivity contribution in [3.05, 3.63) is 0 Å². The largest absolute Gasteiger partial charge is 0.283 e. The molecule has 0 rings (SSSR count). The summed E-state index contributed by atoms with van der Waals surface area (Å²) in [6.07, 6.45) is 10.9. The Morgan fingerprint density at radius 2 is 1.50 bits per heavy atom. The first kappa shape index (κ1) is 13.4. The predicted octanol–water partition coefficient (Wildman–Crippen LogP) is 2.46. The molecule has 0 aromatic carbocycles. The number of amides is 1. The van der Waals surface area contributed by atoms with E-state index in [0.29, 0.717) is 13.0 Å². The molecule has 3 nitrogen and oxygen atoms in total. The van der Waals surface area contributed by atoms with Crippen LogP contribution in [0.2, 0.25) is 0 Å². The molecule has 0 fully saturated rings. The molecule has 0 bridgehead atoms. The summed E-state index contributed by atoms with van der Waals surface area (Å²) < 4.78 is 0. The van der Waals surface area contributed by atoms with E-state index in [-0.39, 0.29) is 0 Å². The Labute approximate surface area is 87.6 Å². The lowest BCUT2D eigenvalue weighted by molar-refractivity contribution is -0.118. The summed E-state index contributed by atoms with van der Waals surface area (Å²) in [6.45, 7) is 2.92. The highest BCUT2D eigenvalue weighted by Crippen LogP contribution is 2.08. The fourth-order valence-corrected chi connectivity index (χ4v) is 1.48. The number of unbranched alkanes of at least 4 members (excludes halogenated alkanes) is 7. The Hall–Kier alpha value is -0.570. The third-order valence-electron chi connectivity index (χ3n) is 2.41. The van der Waals surface area contributed by atoms with E-state index in [1.54, 1.807) is 0 Å². The molecule has 0 saturated carbocycles. The third kappa shape index (κ3) is 9.52. The SMILES string of the molecule is CCCCCCCCCCN(N)C=O. The van der Waals surface area contributed by atoms with Crippen LogP contribution in [0, 0.1) is 0 Å². The number of nitrogens with zero attached hydrogens (tertiary/aromatic N) is 1. The number of nitrogens with two attached hydrogens (primary N) is 1. The summed E-state index contributed by atoms with van der Waals surface area (Å²) in [7, 11) is 0. The highest BCUT2D eigenvalue weighted by molar-refractivity contribution is 5.45. The van der Waals surface area contributed by atoms with Crippen LogP contribution in [0.5, 0.6) is 0 Å².